The van der Waals surface area contributed by atoms with Crippen molar-refractivity contribution in [3.05, 3.63) is 35.4 Å². The van der Waals surface area contributed by atoms with Gasteiger partial charge >= 0.3 is 0 Å². The summed E-state index contributed by atoms with van der Waals surface area (Å²) in [6, 6.07) is 7.97. The van der Waals surface area contributed by atoms with Gasteiger partial charge in [-0.15, -0.1) is 0 Å². The van der Waals surface area contributed by atoms with Gasteiger partial charge in [0.25, 0.3) is 0 Å². The van der Waals surface area contributed by atoms with Crippen molar-refractivity contribution < 1.29 is 9.53 Å². The molecule has 3 aliphatic carbocycles. The molecule has 3 fully saturated rings. The minimum Gasteiger partial charge on any atom is -0.496 e. The molecule has 0 spiro atoms. The van der Waals surface area contributed by atoms with Crippen molar-refractivity contribution in [3.63, 3.8) is 0 Å². The molecule has 2 bridgehead atoms. The lowest BCUT2D eigenvalue weighted by atomic mass is 9.78. The molecule has 4 atom stereocenters. The SMILES string of the molecule is COc1ccccc1C=C1C(=O)C2CC1C1CCCC21. The number of ether oxygens (including phenoxy) is 1. The van der Waals surface area contributed by atoms with Gasteiger partial charge < -0.3 is 4.74 Å². The Hall–Kier alpha value is -1.57. The van der Waals surface area contributed by atoms with Gasteiger partial charge in [0, 0.05) is 11.5 Å². The van der Waals surface area contributed by atoms with E-state index in [1.54, 1.807) is 7.11 Å². The van der Waals surface area contributed by atoms with Crippen LogP contribution in [0.5, 0.6) is 5.75 Å². The molecular formula is C18H20O2. The third-order valence-corrected chi connectivity index (χ3v) is 5.64. The zero-order chi connectivity index (χ0) is 13.7. The Labute approximate surface area is 119 Å². The molecule has 20 heavy (non-hydrogen) atoms. The van der Waals surface area contributed by atoms with Gasteiger partial charge in [-0.25, -0.2) is 0 Å². The van der Waals surface area contributed by atoms with E-state index in [0.717, 1.165) is 29.2 Å². The number of Topliss-reactive ketones (excluding diaryl/α,β-unsaturated/α-hetero) is 1. The van der Waals surface area contributed by atoms with Gasteiger partial charge in [0.05, 0.1) is 7.11 Å². The van der Waals surface area contributed by atoms with E-state index in [1.165, 1.54) is 19.3 Å². The normalized spacial score (nSPS) is 36.6. The second-order valence-electron chi connectivity index (χ2n) is 6.41. The maximum atomic E-state index is 12.6. The van der Waals surface area contributed by atoms with E-state index in [2.05, 4.69) is 6.08 Å². The van der Waals surface area contributed by atoms with E-state index in [4.69, 9.17) is 4.74 Å². The molecule has 4 rings (SSSR count). The molecule has 104 valence electrons. The number of carbonyl (C=O) groups is 1. The van der Waals surface area contributed by atoms with Crippen molar-refractivity contribution in [3.8, 4) is 5.75 Å². The molecule has 2 heteroatoms. The summed E-state index contributed by atoms with van der Waals surface area (Å²) >= 11 is 0. The van der Waals surface area contributed by atoms with Crippen LogP contribution in [0.2, 0.25) is 0 Å². The van der Waals surface area contributed by atoms with E-state index >= 15 is 0 Å². The van der Waals surface area contributed by atoms with Crippen LogP contribution in [0.15, 0.2) is 29.8 Å². The Bertz CT molecular complexity index is 587. The number of allylic oxidation sites excluding steroid dienone is 1. The number of hydrogen-bond acceptors (Lipinski definition) is 2. The van der Waals surface area contributed by atoms with E-state index in [-0.39, 0.29) is 0 Å². The highest BCUT2D eigenvalue weighted by Gasteiger charge is 2.56. The van der Waals surface area contributed by atoms with Gasteiger partial charge in [-0.3, -0.25) is 4.79 Å². The van der Waals surface area contributed by atoms with E-state index in [0.29, 0.717) is 23.5 Å². The summed E-state index contributed by atoms with van der Waals surface area (Å²) < 4.78 is 5.40. The van der Waals surface area contributed by atoms with Crippen LogP contribution in [0.4, 0.5) is 0 Å². The Morgan fingerprint density at radius 1 is 1.15 bits per heavy atom. The first kappa shape index (κ1) is 12.2. The molecule has 3 saturated carbocycles. The van der Waals surface area contributed by atoms with Gasteiger partial charge in [0.2, 0.25) is 0 Å². The topological polar surface area (TPSA) is 26.3 Å². The molecule has 2 nitrogen and oxygen atoms in total. The molecule has 0 saturated heterocycles. The highest BCUT2D eigenvalue weighted by molar-refractivity contribution is 6.05. The first-order chi connectivity index (χ1) is 9.79. The second-order valence-corrected chi connectivity index (χ2v) is 6.41. The van der Waals surface area contributed by atoms with Crippen molar-refractivity contribution in [2.75, 3.05) is 7.11 Å². The lowest BCUT2D eigenvalue weighted by molar-refractivity contribution is -0.120. The van der Waals surface area contributed by atoms with E-state index in [9.17, 15) is 4.79 Å². The van der Waals surface area contributed by atoms with Gasteiger partial charge in [-0.05, 0) is 54.7 Å². The van der Waals surface area contributed by atoms with Crippen LogP contribution in [0.3, 0.4) is 0 Å². The zero-order valence-corrected chi connectivity index (χ0v) is 11.8. The number of rotatable bonds is 2. The fraction of sp³-hybridized carbons (Fsp3) is 0.500. The van der Waals surface area contributed by atoms with Crippen molar-refractivity contribution in [1.82, 2.24) is 0 Å². The highest BCUT2D eigenvalue weighted by atomic mass is 16.5. The van der Waals surface area contributed by atoms with Crippen LogP contribution in [0.1, 0.15) is 31.2 Å². The fourth-order valence-corrected chi connectivity index (χ4v) is 4.83. The van der Waals surface area contributed by atoms with Crippen molar-refractivity contribution >= 4 is 11.9 Å². The smallest absolute Gasteiger partial charge is 0.162 e. The molecule has 0 N–H and O–H groups in total. The number of para-hydroxylation sites is 1. The van der Waals surface area contributed by atoms with Crippen LogP contribution in [-0.4, -0.2) is 12.9 Å². The summed E-state index contributed by atoms with van der Waals surface area (Å²) in [5.74, 6) is 3.60. The monoisotopic (exact) mass is 268 g/mol. The molecule has 0 aliphatic heterocycles. The largest absolute Gasteiger partial charge is 0.496 e. The molecule has 0 radical (unpaired) electrons. The third-order valence-electron chi connectivity index (χ3n) is 5.64. The number of ketones is 1. The molecular weight excluding hydrogens is 248 g/mol. The summed E-state index contributed by atoms with van der Waals surface area (Å²) in [5.41, 5.74) is 2.11. The Balaban J connectivity index is 1.72. The summed E-state index contributed by atoms with van der Waals surface area (Å²) in [4.78, 5) is 12.6. The number of carbonyl (C=O) groups excluding carboxylic acids is 1. The van der Waals surface area contributed by atoms with Crippen molar-refractivity contribution in [2.24, 2.45) is 23.7 Å². The number of benzene rings is 1. The van der Waals surface area contributed by atoms with Crippen LogP contribution in [0.25, 0.3) is 6.08 Å². The van der Waals surface area contributed by atoms with E-state index in [1.807, 2.05) is 24.3 Å². The van der Waals surface area contributed by atoms with Gasteiger partial charge in [0.1, 0.15) is 5.75 Å². The van der Waals surface area contributed by atoms with E-state index < -0.39 is 0 Å². The molecule has 1 aromatic rings. The van der Waals surface area contributed by atoms with Gasteiger partial charge in [0.15, 0.2) is 5.78 Å². The first-order valence-corrected chi connectivity index (χ1v) is 7.68. The van der Waals surface area contributed by atoms with Crippen LogP contribution in [0, 0.1) is 23.7 Å². The lowest BCUT2D eigenvalue weighted by Gasteiger charge is -2.25. The molecule has 3 aliphatic rings. The predicted molar refractivity (Wildman–Crippen MR) is 78.4 cm³/mol. The molecule has 1 aromatic carbocycles. The summed E-state index contributed by atoms with van der Waals surface area (Å²) in [6.45, 7) is 0. The predicted octanol–water partition coefficient (Wildman–Crippen LogP) is 3.71. The van der Waals surface area contributed by atoms with Gasteiger partial charge in [-0.2, -0.15) is 0 Å². The standard InChI is InChI=1S/C18H20O2/c1-20-17-8-3-2-5-11(17)9-15-14-10-16(18(15)19)13-7-4-6-12(13)14/h2-3,5,8-9,12-14,16H,4,6-7,10H2,1H3. The summed E-state index contributed by atoms with van der Waals surface area (Å²) in [6.07, 6.45) is 7.12. The maximum Gasteiger partial charge on any atom is 0.162 e. The quantitative estimate of drug-likeness (QED) is 0.764. The van der Waals surface area contributed by atoms with Crippen LogP contribution < -0.4 is 4.74 Å². The lowest BCUT2D eigenvalue weighted by Crippen LogP contribution is -2.26. The van der Waals surface area contributed by atoms with Crippen LogP contribution >= 0.6 is 0 Å². The third kappa shape index (κ3) is 1.60. The number of methoxy groups -OCH3 is 1. The van der Waals surface area contributed by atoms with Crippen molar-refractivity contribution in [1.29, 1.82) is 0 Å². The van der Waals surface area contributed by atoms with Crippen LogP contribution in [-0.2, 0) is 4.79 Å². The molecule has 0 heterocycles. The number of fused-ring (bicyclic) bond motifs is 5. The Kier molecular flexibility index (Phi) is 2.73. The fourth-order valence-electron chi connectivity index (χ4n) is 4.83. The highest BCUT2D eigenvalue weighted by Crippen LogP contribution is 2.59. The first-order valence-electron chi connectivity index (χ1n) is 7.68. The minimum absolute atomic E-state index is 0.327. The minimum atomic E-state index is 0.327. The maximum absolute atomic E-state index is 12.6. The summed E-state index contributed by atoms with van der Waals surface area (Å²) in [7, 11) is 1.69. The second kappa shape index (κ2) is 4.47. The summed E-state index contributed by atoms with van der Waals surface area (Å²) in [5, 5.41) is 0. The average Bonchev–Trinajstić information content (AvgIpc) is 3.13. The zero-order valence-electron chi connectivity index (χ0n) is 11.8. The Morgan fingerprint density at radius 3 is 2.70 bits per heavy atom. The Morgan fingerprint density at radius 2 is 1.90 bits per heavy atom. The number of hydrogen-bond donors (Lipinski definition) is 0. The van der Waals surface area contributed by atoms with Gasteiger partial charge in [-0.1, -0.05) is 24.6 Å². The molecule has 0 amide bonds. The molecule has 0 aromatic heterocycles. The average molecular weight is 268 g/mol. The molecule has 4 unspecified atom stereocenters. The van der Waals surface area contributed by atoms with Crippen molar-refractivity contribution in [2.45, 2.75) is 25.7 Å².